The van der Waals surface area contributed by atoms with E-state index in [-0.39, 0.29) is 71.2 Å². The average molecular weight is 719 g/mol. The Morgan fingerprint density at radius 2 is 2.00 bits per heavy atom. The van der Waals surface area contributed by atoms with Crippen molar-refractivity contribution in [3.8, 4) is 6.01 Å². The van der Waals surface area contributed by atoms with Crippen LogP contribution in [0.25, 0.3) is 0 Å². The first-order valence-corrected chi connectivity index (χ1v) is 17.0. The van der Waals surface area contributed by atoms with Gasteiger partial charge in [0.05, 0.1) is 53.1 Å². The summed E-state index contributed by atoms with van der Waals surface area (Å²) < 4.78 is 70.9. The first-order valence-electron chi connectivity index (χ1n) is 16.6. The Kier molecular flexibility index (Phi) is 8.96. The van der Waals surface area contributed by atoms with Gasteiger partial charge in [-0.25, -0.2) is 4.39 Å². The Hall–Kier alpha value is -3.95. The molecule has 6 heterocycles. The number of fused-ring (bicyclic) bond motifs is 3. The molecule has 16 heteroatoms. The Morgan fingerprint density at radius 3 is 2.74 bits per heavy atom. The minimum absolute atomic E-state index is 0.0121. The molecule has 11 nitrogen and oxygen atoms in total. The molecule has 1 unspecified atom stereocenters. The molecular formula is C34H39ClF4N8O3. The highest BCUT2D eigenvalue weighted by molar-refractivity contribution is 6.34. The lowest BCUT2D eigenvalue weighted by Gasteiger charge is -2.33. The Bertz CT molecular complexity index is 1860. The molecule has 1 aromatic carbocycles. The topological polar surface area (TPSA) is 115 Å². The number of hydrogen-bond acceptors (Lipinski definition) is 9. The third-order valence-electron chi connectivity index (χ3n) is 10.2. The van der Waals surface area contributed by atoms with E-state index in [0.29, 0.717) is 67.1 Å². The molecule has 4 aliphatic rings. The molecule has 2 atom stereocenters. The van der Waals surface area contributed by atoms with Gasteiger partial charge in [-0.1, -0.05) is 11.6 Å². The first-order chi connectivity index (χ1) is 23.8. The molecule has 2 aromatic heterocycles. The molecule has 7 rings (SSSR count). The highest BCUT2D eigenvalue weighted by Gasteiger charge is 2.47. The van der Waals surface area contributed by atoms with Gasteiger partial charge in [0.2, 0.25) is 0 Å². The Labute approximate surface area is 292 Å². The fourth-order valence-corrected chi connectivity index (χ4v) is 8.18. The summed E-state index contributed by atoms with van der Waals surface area (Å²) in [4.78, 5) is 28.1. The molecule has 0 aliphatic carbocycles. The first kappa shape index (κ1) is 34.5. The van der Waals surface area contributed by atoms with Crippen molar-refractivity contribution in [1.82, 2.24) is 29.5 Å². The SMILES string of the molecule is Cc1cc(N)cc(C2Cc3nc(OC[C@@]45CCCN4C/C(=C\F)C5)nc(N4CCCn5nc(C(=O)N(C)C)c(Cl)c5C4)c3CO2)c1C(F)(F)F. The second kappa shape index (κ2) is 13.0. The Morgan fingerprint density at radius 1 is 1.20 bits per heavy atom. The number of nitrogens with zero attached hydrogens (tertiary/aromatic N) is 7. The minimum Gasteiger partial charge on any atom is -0.461 e. The van der Waals surface area contributed by atoms with Crippen molar-refractivity contribution in [2.24, 2.45) is 0 Å². The molecule has 2 N–H and O–H groups in total. The molecule has 0 radical (unpaired) electrons. The van der Waals surface area contributed by atoms with Crippen molar-refractivity contribution >= 4 is 29.0 Å². The molecule has 50 heavy (non-hydrogen) atoms. The zero-order valence-corrected chi connectivity index (χ0v) is 28.9. The van der Waals surface area contributed by atoms with Gasteiger partial charge >= 0.3 is 12.2 Å². The lowest BCUT2D eigenvalue weighted by Crippen LogP contribution is -2.43. The van der Waals surface area contributed by atoms with E-state index in [0.717, 1.165) is 19.4 Å². The zero-order valence-electron chi connectivity index (χ0n) is 28.1. The van der Waals surface area contributed by atoms with Crippen molar-refractivity contribution < 1.29 is 31.8 Å². The van der Waals surface area contributed by atoms with Gasteiger partial charge in [-0.15, -0.1) is 0 Å². The van der Waals surface area contributed by atoms with Crippen molar-refractivity contribution in [3.63, 3.8) is 0 Å². The molecule has 4 aliphatic heterocycles. The monoisotopic (exact) mass is 718 g/mol. The average Bonchev–Trinajstić information content (AvgIpc) is 3.65. The predicted octanol–water partition coefficient (Wildman–Crippen LogP) is 5.63. The second-order valence-corrected chi connectivity index (χ2v) is 14.2. The number of aromatic nitrogens is 4. The van der Waals surface area contributed by atoms with E-state index in [2.05, 4.69) is 10.00 Å². The maximum atomic E-state index is 14.3. The molecule has 2 fully saturated rings. The molecule has 3 aromatic rings. The summed E-state index contributed by atoms with van der Waals surface area (Å²) in [6, 6.07) is 2.70. The minimum atomic E-state index is -4.62. The van der Waals surface area contributed by atoms with Crippen LogP contribution >= 0.6 is 11.6 Å². The number of benzene rings is 1. The molecule has 0 saturated carbocycles. The van der Waals surface area contributed by atoms with E-state index in [1.807, 2.05) is 4.90 Å². The van der Waals surface area contributed by atoms with Crippen LogP contribution in [-0.2, 0) is 37.0 Å². The lowest BCUT2D eigenvalue weighted by atomic mass is 9.92. The fourth-order valence-electron chi connectivity index (χ4n) is 7.90. The van der Waals surface area contributed by atoms with Gasteiger partial charge in [-0.3, -0.25) is 14.4 Å². The molecule has 1 amide bonds. The van der Waals surface area contributed by atoms with Gasteiger partial charge in [0, 0.05) is 51.4 Å². The van der Waals surface area contributed by atoms with Gasteiger partial charge in [0.25, 0.3) is 5.91 Å². The predicted molar refractivity (Wildman–Crippen MR) is 178 cm³/mol. The van der Waals surface area contributed by atoms with Crippen molar-refractivity contribution in [2.75, 3.05) is 51.0 Å². The fraction of sp³-hybridized carbons (Fsp3) is 0.529. The number of aryl methyl sites for hydroxylation is 2. The number of nitrogens with two attached hydrogens (primary N) is 1. The summed E-state index contributed by atoms with van der Waals surface area (Å²) in [5.41, 5.74) is 7.67. The quantitative estimate of drug-likeness (QED) is 0.256. The molecule has 2 saturated heterocycles. The standard InChI is InChI=1S/C34H39ClF4N8O3/c1-19-10-21(40)11-22(27(19)34(37,38)39)26-12-24-23(17-49-26)30(42-32(41-24)50-18-33-6-4-8-46(33)15-20(13-33)14-36)45-7-5-9-47-25(16-45)28(35)29(43-47)31(48)44(2)3/h10-11,14,26H,4-9,12-13,15-18,40H2,1-3H3/b20-14-/t26?,33-/m0/s1. The van der Waals surface area contributed by atoms with Crippen molar-refractivity contribution in [1.29, 1.82) is 0 Å². The number of halogens is 5. The number of rotatable bonds is 6. The van der Waals surface area contributed by atoms with Gasteiger partial charge in [0.15, 0.2) is 5.69 Å². The van der Waals surface area contributed by atoms with E-state index in [1.165, 1.54) is 24.0 Å². The summed E-state index contributed by atoms with van der Waals surface area (Å²) in [7, 11) is 3.26. The van der Waals surface area contributed by atoms with E-state index in [9.17, 15) is 22.4 Å². The van der Waals surface area contributed by atoms with Gasteiger partial charge in [0.1, 0.15) is 12.4 Å². The largest absolute Gasteiger partial charge is 0.461 e. The number of alkyl halides is 3. The summed E-state index contributed by atoms with van der Waals surface area (Å²) in [6.45, 7) is 4.23. The Balaban J connectivity index is 1.27. The van der Waals surface area contributed by atoms with Crippen LogP contribution in [0, 0.1) is 6.92 Å². The number of carbonyl (C=O) groups is 1. The number of ether oxygens (including phenoxy) is 2. The normalized spacial score (nSPS) is 23.1. The van der Waals surface area contributed by atoms with Crippen LogP contribution in [-0.4, -0.2) is 81.3 Å². The van der Waals surface area contributed by atoms with Crippen LogP contribution in [0.15, 0.2) is 24.0 Å². The summed E-state index contributed by atoms with van der Waals surface area (Å²) in [5, 5.41) is 4.77. The summed E-state index contributed by atoms with van der Waals surface area (Å²) >= 11 is 6.76. The zero-order chi connectivity index (χ0) is 35.5. The van der Waals surface area contributed by atoms with Crippen LogP contribution in [0.3, 0.4) is 0 Å². The second-order valence-electron chi connectivity index (χ2n) is 13.8. The van der Waals surface area contributed by atoms with Crippen LogP contribution in [0.4, 0.5) is 29.1 Å². The third kappa shape index (κ3) is 6.17. The molecule has 0 bridgehead atoms. The molecular weight excluding hydrogens is 680 g/mol. The molecule has 268 valence electrons. The maximum absolute atomic E-state index is 14.3. The number of hydrogen-bond donors (Lipinski definition) is 1. The summed E-state index contributed by atoms with van der Waals surface area (Å²) in [5.74, 6) is 0.190. The van der Waals surface area contributed by atoms with E-state index >= 15 is 0 Å². The van der Waals surface area contributed by atoms with Crippen molar-refractivity contribution in [2.45, 2.75) is 76.5 Å². The van der Waals surface area contributed by atoms with Crippen LogP contribution < -0.4 is 15.4 Å². The molecule has 0 spiro atoms. The van der Waals surface area contributed by atoms with Crippen LogP contribution in [0.2, 0.25) is 5.02 Å². The highest BCUT2D eigenvalue weighted by Crippen LogP contribution is 2.44. The number of anilines is 2. The highest BCUT2D eigenvalue weighted by atomic mass is 35.5. The van der Waals surface area contributed by atoms with Crippen LogP contribution in [0.5, 0.6) is 6.01 Å². The smallest absolute Gasteiger partial charge is 0.417 e. The van der Waals surface area contributed by atoms with Crippen LogP contribution in [0.1, 0.15) is 75.9 Å². The van der Waals surface area contributed by atoms with Gasteiger partial charge in [-0.05, 0) is 68.0 Å². The van der Waals surface area contributed by atoms with E-state index < -0.39 is 17.8 Å². The maximum Gasteiger partial charge on any atom is 0.417 e. The van der Waals surface area contributed by atoms with Gasteiger partial charge in [-0.2, -0.15) is 28.2 Å². The van der Waals surface area contributed by atoms with Crippen molar-refractivity contribution in [3.05, 3.63) is 68.4 Å². The van der Waals surface area contributed by atoms with E-state index in [4.69, 9.17) is 36.8 Å². The third-order valence-corrected chi connectivity index (χ3v) is 10.6. The van der Waals surface area contributed by atoms with Gasteiger partial charge < -0.3 is 25.0 Å². The summed E-state index contributed by atoms with van der Waals surface area (Å²) in [6.07, 6.45) is -1.94. The lowest BCUT2D eigenvalue weighted by molar-refractivity contribution is -0.140. The number of carbonyl (C=O) groups excluding carboxylic acids is 1. The van der Waals surface area contributed by atoms with E-state index in [1.54, 1.807) is 18.8 Å². The number of nitrogen functional groups attached to an aromatic ring is 1. The number of amides is 1.